The number of carboxylic acid groups (broad SMARTS) is 1. The zero-order chi connectivity index (χ0) is 46.3. The highest BCUT2D eigenvalue weighted by atomic mass is 16.6. The Hall–Kier alpha value is -2.19. The van der Waals surface area contributed by atoms with Gasteiger partial charge in [-0.2, -0.15) is 0 Å². The fourth-order valence-electron chi connectivity index (χ4n) is 8.12. The lowest BCUT2D eigenvalue weighted by Crippen LogP contribution is -2.55. The monoisotopic (exact) mass is 890 g/mol. The van der Waals surface area contributed by atoms with Crippen LogP contribution in [0.5, 0.6) is 0 Å². The fraction of sp³-hybridized carbons (Fsp3) is 0.873. The third-order valence-electron chi connectivity index (χ3n) is 12.3. The highest BCUT2D eigenvalue weighted by molar-refractivity contribution is 5.70. The number of esters is 2. The molecule has 0 aliphatic rings. The minimum Gasteiger partial charge on any atom is -0.544 e. The van der Waals surface area contributed by atoms with Crippen LogP contribution < -0.4 is 5.11 Å². The first-order valence-corrected chi connectivity index (χ1v) is 26.9. The first-order valence-electron chi connectivity index (χ1n) is 26.9. The predicted octanol–water partition coefficient (Wildman–Crippen LogP) is 14.3. The molecule has 0 heterocycles. The van der Waals surface area contributed by atoms with Crippen molar-refractivity contribution in [2.75, 3.05) is 41.0 Å². The van der Waals surface area contributed by atoms with Crippen molar-refractivity contribution in [1.29, 1.82) is 0 Å². The number of nitrogens with zero attached hydrogens (tertiary/aromatic N) is 1. The molecule has 8 heteroatoms. The van der Waals surface area contributed by atoms with Crippen LogP contribution in [0, 0.1) is 0 Å². The predicted molar refractivity (Wildman–Crippen MR) is 264 cm³/mol. The summed E-state index contributed by atoms with van der Waals surface area (Å²) >= 11 is 0. The molecule has 63 heavy (non-hydrogen) atoms. The van der Waals surface area contributed by atoms with Crippen molar-refractivity contribution in [2.24, 2.45) is 0 Å². The highest BCUT2D eigenvalue weighted by Gasteiger charge is 2.25. The summed E-state index contributed by atoms with van der Waals surface area (Å²) in [6.45, 7) is 4.69. The zero-order valence-corrected chi connectivity index (χ0v) is 42.3. The normalized spacial score (nSPS) is 13.0. The Morgan fingerprint density at radius 1 is 0.460 bits per heavy atom. The molecule has 0 aromatic heterocycles. The topological polar surface area (TPSA) is 102 Å². The number of likely N-dealkylation sites (N-methyl/N-ethyl adjacent to an activating group) is 1. The lowest BCUT2D eigenvalue weighted by Gasteiger charge is -2.34. The van der Waals surface area contributed by atoms with Crippen LogP contribution in [0.25, 0.3) is 0 Å². The van der Waals surface area contributed by atoms with Crippen molar-refractivity contribution in [3.05, 3.63) is 24.3 Å². The average molecular weight is 890 g/mol. The molecule has 0 aliphatic heterocycles. The van der Waals surface area contributed by atoms with Gasteiger partial charge in [0, 0.05) is 19.3 Å². The minimum atomic E-state index is -1.12. The Labute approximate surface area is 390 Å². The summed E-state index contributed by atoms with van der Waals surface area (Å²) in [7, 11) is 5.42. The standard InChI is InChI=1S/C55H103NO7/c1-6-8-10-12-14-16-18-20-22-24-25-26-27-28-30-32-34-36-38-40-42-44-46-54(58)63-51(49-61-48-47-52(55(59)60)56(3,4)5)50-62-53(57)45-43-41-39-37-35-33-31-29-23-21-19-17-15-13-11-9-7-2/h21,23,27-28,51-52H,6-20,22,24-26,29-50H2,1-5H3/b23-21+,28-27+. The molecule has 2 unspecified atom stereocenters. The highest BCUT2D eigenvalue weighted by Crippen LogP contribution is 2.16. The molecule has 0 radical (unpaired) electrons. The number of carbonyl (C=O) groups is 3. The molecular formula is C55H103NO7. The number of carbonyl (C=O) groups excluding carboxylic acids is 3. The van der Waals surface area contributed by atoms with Crippen LogP contribution in [0.4, 0.5) is 0 Å². The molecule has 0 rings (SSSR count). The zero-order valence-electron chi connectivity index (χ0n) is 42.3. The number of carboxylic acids is 1. The van der Waals surface area contributed by atoms with E-state index in [9.17, 15) is 19.5 Å². The summed E-state index contributed by atoms with van der Waals surface area (Å²) in [6, 6.07) is -0.726. The molecule has 0 amide bonds. The maximum Gasteiger partial charge on any atom is 0.306 e. The largest absolute Gasteiger partial charge is 0.544 e. The third-order valence-corrected chi connectivity index (χ3v) is 12.3. The van der Waals surface area contributed by atoms with Gasteiger partial charge in [0.1, 0.15) is 12.6 Å². The SMILES string of the molecule is CCCCCCCC/C=C/CCCCCCCCCC(=O)OCC(COCCC(C(=O)[O-])[N+](C)(C)C)OC(=O)CCCCCCCCC/C=C/CCCCCCCCCCCCC. The molecule has 0 fully saturated rings. The van der Waals surface area contributed by atoms with E-state index in [1.807, 2.05) is 21.1 Å². The van der Waals surface area contributed by atoms with Gasteiger partial charge in [-0.1, -0.05) is 199 Å². The molecule has 0 N–H and O–H groups in total. The fourth-order valence-corrected chi connectivity index (χ4v) is 8.12. The molecule has 370 valence electrons. The van der Waals surface area contributed by atoms with E-state index in [1.54, 1.807) is 0 Å². The second kappa shape index (κ2) is 46.3. The molecule has 0 spiro atoms. The van der Waals surface area contributed by atoms with Crippen molar-refractivity contribution < 1.29 is 38.2 Å². The molecule has 0 bridgehead atoms. The summed E-state index contributed by atoms with van der Waals surface area (Å²) in [5.41, 5.74) is 0. The van der Waals surface area contributed by atoms with Gasteiger partial charge in [-0.15, -0.1) is 0 Å². The quantitative estimate of drug-likeness (QED) is 0.0259. The number of aliphatic carboxylic acids is 1. The third kappa shape index (κ3) is 44.8. The van der Waals surface area contributed by atoms with Gasteiger partial charge in [-0.3, -0.25) is 9.59 Å². The van der Waals surface area contributed by atoms with Crippen LogP contribution in [0.3, 0.4) is 0 Å². The van der Waals surface area contributed by atoms with Crippen LogP contribution in [0.1, 0.15) is 258 Å². The van der Waals surface area contributed by atoms with Gasteiger partial charge >= 0.3 is 11.9 Å². The maximum atomic E-state index is 12.8. The minimum absolute atomic E-state index is 0.0411. The van der Waals surface area contributed by atoms with E-state index in [-0.39, 0.29) is 42.7 Å². The van der Waals surface area contributed by atoms with Gasteiger partial charge in [-0.05, 0) is 64.2 Å². The molecule has 0 aromatic carbocycles. The second-order valence-corrected chi connectivity index (χ2v) is 19.5. The van der Waals surface area contributed by atoms with E-state index in [0.29, 0.717) is 12.8 Å². The number of quaternary nitrogens is 1. The summed E-state index contributed by atoms with van der Waals surface area (Å²) in [5.74, 6) is -1.73. The smallest absolute Gasteiger partial charge is 0.306 e. The van der Waals surface area contributed by atoms with Gasteiger partial charge < -0.3 is 28.6 Å². The Morgan fingerprint density at radius 2 is 0.794 bits per heavy atom. The Kier molecular flexibility index (Phi) is 44.7. The first-order chi connectivity index (χ1) is 30.6. The van der Waals surface area contributed by atoms with E-state index >= 15 is 0 Å². The van der Waals surface area contributed by atoms with Crippen LogP contribution in [-0.4, -0.2) is 75.5 Å². The van der Waals surface area contributed by atoms with Crippen LogP contribution in [0.2, 0.25) is 0 Å². The van der Waals surface area contributed by atoms with Gasteiger partial charge in [0.2, 0.25) is 0 Å². The van der Waals surface area contributed by atoms with Crippen molar-refractivity contribution in [1.82, 2.24) is 0 Å². The van der Waals surface area contributed by atoms with E-state index in [0.717, 1.165) is 38.5 Å². The number of allylic oxidation sites excluding steroid dienone is 4. The van der Waals surface area contributed by atoms with Gasteiger partial charge in [0.15, 0.2) is 6.10 Å². The summed E-state index contributed by atoms with van der Waals surface area (Å²) in [4.78, 5) is 37.1. The Balaban J connectivity index is 4.20. The Morgan fingerprint density at radius 3 is 1.14 bits per heavy atom. The van der Waals surface area contributed by atoms with Gasteiger partial charge in [-0.25, -0.2) is 0 Å². The van der Waals surface area contributed by atoms with E-state index in [1.165, 1.54) is 186 Å². The van der Waals surface area contributed by atoms with Gasteiger partial charge in [0.05, 0.1) is 40.3 Å². The summed E-state index contributed by atoms with van der Waals surface area (Å²) in [6.07, 6.45) is 53.5. The van der Waals surface area contributed by atoms with Crippen molar-refractivity contribution in [3.63, 3.8) is 0 Å². The molecule has 0 saturated carbocycles. The van der Waals surface area contributed by atoms with Crippen LogP contribution >= 0.6 is 0 Å². The lowest BCUT2D eigenvalue weighted by atomic mass is 10.0. The summed E-state index contributed by atoms with van der Waals surface area (Å²) < 4.78 is 17.3. The number of ether oxygens (including phenoxy) is 3. The van der Waals surface area contributed by atoms with E-state index < -0.39 is 18.1 Å². The number of hydrogen-bond acceptors (Lipinski definition) is 7. The number of rotatable bonds is 49. The molecular weight excluding hydrogens is 787 g/mol. The maximum absolute atomic E-state index is 12.8. The first kappa shape index (κ1) is 60.8. The van der Waals surface area contributed by atoms with Crippen molar-refractivity contribution in [3.8, 4) is 0 Å². The molecule has 0 saturated heterocycles. The van der Waals surface area contributed by atoms with E-state index in [4.69, 9.17) is 14.2 Å². The molecule has 0 aromatic rings. The Bertz CT molecular complexity index is 1080. The number of hydrogen-bond donors (Lipinski definition) is 0. The van der Waals surface area contributed by atoms with Crippen molar-refractivity contribution >= 4 is 17.9 Å². The molecule has 2 atom stereocenters. The lowest BCUT2D eigenvalue weighted by molar-refractivity contribution is -0.889. The summed E-state index contributed by atoms with van der Waals surface area (Å²) in [5, 5.41) is 11.7. The van der Waals surface area contributed by atoms with Gasteiger partial charge in [0.25, 0.3) is 0 Å². The van der Waals surface area contributed by atoms with E-state index in [2.05, 4.69) is 38.2 Å². The molecule has 0 aliphatic carbocycles. The second-order valence-electron chi connectivity index (χ2n) is 19.5. The number of unbranched alkanes of at least 4 members (excludes halogenated alkanes) is 31. The average Bonchev–Trinajstić information content (AvgIpc) is 3.24. The van der Waals surface area contributed by atoms with Crippen molar-refractivity contribution in [2.45, 2.75) is 270 Å². The van der Waals surface area contributed by atoms with Crippen LogP contribution in [0.15, 0.2) is 24.3 Å². The van der Waals surface area contributed by atoms with Crippen LogP contribution in [-0.2, 0) is 28.6 Å². The molecule has 8 nitrogen and oxygen atoms in total.